The predicted molar refractivity (Wildman–Crippen MR) is 66.1 cm³/mol. The third kappa shape index (κ3) is 3.76. The normalized spacial score (nSPS) is 20.2. The molecule has 0 bridgehead atoms. The highest BCUT2D eigenvalue weighted by molar-refractivity contribution is 5.78. The van der Waals surface area contributed by atoms with Gasteiger partial charge < -0.3 is 15.5 Å². The van der Waals surface area contributed by atoms with Crippen LogP contribution in [0.15, 0.2) is 0 Å². The maximum atomic E-state index is 11.9. The maximum Gasteiger partial charge on any atom is 0.226 e. The van der Waals surface area contributed by atoms with E-state index in [1.807, 2.05) is 11.8 Å². The second kappa shape index (κ2) is 6.21. The van der Waals surface area contributed by atoms with Crippen molar-refractivity contribution in [3.05, 3.63) is 0 Å². The van der Waals surface area contributed by atoms with Crippen LogP contribution in [-0.4, -0.2) is 56.0 Å². The van der Waals surface area contributed by atoms with Gasteiger partial charge in [-0.1, -0.05) is 6.92 Å². The highest BCUT2D eigenvalue weighted by Crippen LogP contribution is 2.19. The van der Waals surface area contributed by atoms with Crippen molar-refractivity contribution in [2.24, 2.45) is 17.6 Å². The third-order valence-electron chi connectivity index (χ3n) is 3.32. The monoisotopic (exact) mass is 227 g/mol. The number of rotatable bonds is 4. The molecule has 0 aromatic carbocycles. The fourth-order valence-electron chi connectivity index (χ4n) is 2.26. The van der Waals surface area contributed by atoms with Crippen LogP contribution >= 0.6 is 0 Å². The predicted octanol–water partition coefficient (Wildman–Crippen LogP) is 0.381. The molecule has 1 rings (SSSR count). The molecular weight excluding hydrogens is 202 g/mol. The Hall–Kier alpha value is -0.610. The maximum absolute atomic E-state index is 11.9. The summed E-state index contributed by atoms with van der Waals surface area (Å²) in [6, 6.07) is 0. The molecule has 0 radical (unpaired) electrons. The molecule has 1 fully saturated rings. The van der Waals surface area contributed by atoms with Gasteiger partial charge in [-0.15, -0.1) is 0 Å². The van der Waals surface area contributed by atoms with Crippen molar-refractivity contribution in [1.82, 2.24) is 9.80 Å². The Morgan fingerprint density at radius 3 is 2.44 bits per heavy atom. The van der Waals surface area contributed by atoms with E-state index in [-0.39, 0.29) is 11.8 Å². The SMILES string of the molecule is CC(CN)C(=O)N1CCC(CN(C)C)CC1. The van der Waals surface area contributed by atoms with Crippen molar-refractivity contribution in [1.29, 1.82) is 0 Å². The summed E-state index contributed by atoms with van der Waals surface area (Å²) in [5.41, 5.74) is 5.52. The zero-order valence-electron chi connectivity index (χ0n) is 10.8. The Balaban J connectivity index is 2.34. The minimum atomic E-state index is -0.0228. The van der Waals surface area contributed by atoms with Gasteiger partial charge in [-0.3, -0.25) is 4.79 Å². The lowest BCUT2D eigenvalue weighted by molar-refractivity contribution is -0.136. The third-order valence-corrected chi connectivity index (χ3v) is 3.32. The molecule has 1 heterocycles. The van der Waals surface area contributed by atoms with Crippen molar-refractivity contribution >= 4 is 5.91 Å². The molecule has 0 spiro atoms. The van der Waals surface area contributed by atoms with Gasteiger partial charge in [-0.25, -0.2) is 0 Å². The van der Waals surface area contributed by atoms with Crippen molar-refractivity contribution in [2.45, 2.75) is 19.8 Å². The fourth-order valence-corrected chi connectivity index (χ4v) is 2.26. The number of hydrogen-bond donors (Lipinski definition) is 1. The van der Waals surface area contributed by atoms with Gasteiger partial charge in [-0.05, 0) is 32.9 Å². The van der Waals surface area contributed by atoms with Crippen LogP contribution in [-0.2, 0) is 4.79 Å². The smallest absolute Gasteiger partial charge is 0.226 e. The van der Waals surface area contributed by atoms with Gasteiger partial charge >= 0.3 is 0 Å². The topological polar surface area (TPSA) is 49.6 Å². The van der Waals surface area contributed by atoms with Crippen molar-refractivity contribution in [3.63, 3.8) is 0 Å². The number of likely N-dealkylation sites (tertiary alicyclic amines) is 1. The van der Waals surface area contributed by atoms with Crippen LogP contribution < -0.4 is 5.73 Å². The summed E-state index contributed by atoms with van der Waals surface area (Å²) in [4.78, 5) is 16.1. The molecule has 1 amide bonds. The average Bonchev–Trinajstić information content (AvgIpc) is 2.27. The standard InChI is InChI=1S/C12H25N3O/c1-10(8-13)12(16)15-6-4-11(5-7-15)9-14(2)3/h10-11H,4-9,13H2,1-3H3. The number of hydrogen-bond acceptors (Lipinski definition) is 3. The van der Waals surface area contributed by atoms with Crippen LogP contribution in [0.25, 0.3) is 0 Å². The molecule has 4 heteroatoms. The van der Waals surface area contributed by atoms with E-state index in [9.17, 15) is 4.79 Å². The van der Waals surface area contributed by atoms with E-state index in [2.05, 4.69) is 19.0 Å². The van der Waals surface area contributed by atoms with Crippen molar-refractivity contribution in [2.75, 3.05) is 40.3 Å². The van der Waals surface area contributed by atoms with E-state index >= 15 is 0 Å². The largest absolute Gasteiger partial charge is 0.342 e. The first-order valence-electron chi connectivity index (χ1n) is 6.18. The van der Waals surface area contributed by atoms with E-state index in [0.29, 0.717) is 6.54 Å². The summed E-state index contributed by atoms with van der Waals surface area (Å²) in [6.07, 6.45) is 2.25. The fraction of sp³-hybridized carbons (Fsp3) is 0.917. The van der Waals surface area contributed by atoms with Gasteiger partial charge in [0.2, 0.25) is 5.91 Å². The zero-order chi connectivity index (χ0) is 12.1. The minimum Gasteiger partial charge on any atom is -0.342 e. The Morgan fingerprint density at radius 1 is 1.44 bits per heavy atom. The highest BCUT2D eigenvalue weighted by atomic mass is 16.2. The van der Waals surface area contributed by atoms with Crippen LogP contribution in [0.4, 0.5) is 0 Å². The van der Waals surface area contributed by atoms with Gasteiger partial charge in [0, 0.05) is 32.1 Å². The highest BCUT2D eigenvalue weighted by Gasteiger charge is 2.25. The first-order chi connectivity index (χ1) is 7.54. The second-order valence-corrected chi connectivity index (χ2v) is 5.17. The van der Waals surface area contributed by atoms with E-state index in [0.717, 1.165) is 38.4 Å². The molecule has 4 nitrogen and oxygen atoms in total. The average molecular weight is 227 g/mol. The number of amides is 1. The van der Waals surface area contributed by atoms with Gasteiger partial charge in [0.1, 0.15) is 0 Å². The molecule has 0 aromatic heterocycles. The van der Waals surface area contributed by atoms with Crippen LogP contribution in [0.5, 0.6) is 0 Å². The van der Waals surface area contributed by atoms with Crippen LogP contribution in [0.1, 0.15) is 19.8 Å². The number of piperidine rings is 1. The molecule has 16 heavy (non-hydrogen) atoms. The molecule has 94 valence electrons. The van der Waals surface area contributed by atoms with E-state index in [4.69, 9.17) is 5.73 Å². The molecule has 2 N–H and O–H groups in total. The number of carbonyl (C=O) groups is 1. The first kappa shape index (κ1) is 13.5. The number of carbonyl (C=O) groups excluding carboxylic acids is 1. The summed E-state index contributed by atoms with van der Waals surface area (Å²) in [7, 11) is 4.21. The molecule has 1 saturated heterocycles. The molecule has 0 aromatic rings. The summed E-state index contributed by atoms with van der Waals surface area (Å²) < 4.78 is 0. The zero-order valence-corrected chi connectivity index (χ0v) is 10.8. The molecule has 1 aliphatic rings. The Morgan fingerprint density at radius 2 is 2.00 bits per heavy atom. The molecule has 1 unspecified atom stereocenters. The molecule has 0 aliphatic carbocycles. The molecule has 1 aliphatic heterocycles. The summed E-state index contributed by atoms with van der Waals surface area (Å²) in [5, 5.41) is 0. The quantitative estimate of drug-likeness (QED) is 0.755. The minimum absolute atomic E-state index is 0.0228. The molecule has 0 saturated carbocycles. The summed E-state index contributed by atoms with van der Waals surface area (Å²) in [5.74, 6) is 0.948. The summed E-state index contributed by atoms with van der Waals surface area (Å²) >= 11 is 0. The Bertz CT molecular complexity index is 222. The lowest BCUT2D eigenvalue weighted by Crippen LogP contribution is -2.44. The molecule has 1 atom stereocenters. The lowest BCUT2D eigenvalue weighted by Gasteiger charge is -2.34. The Labute approximate surface area is 98.8 Å². The Kier molecular flexibility index (Phi) is 5.22. The lowest BCUT2D eigenvalue weighted by atomic mass is 9.95. The molecular formula is C12H25N3O. The van der Waals surface area contributed by atoms with Crippen LogP contribution in [0, 0.1) is 11.8 Å². The van der Waals surface area contributed by atoms with Gasteiger partial charge in [0.25, 0.3) is 0 Å². The van der Waals surface area contributed by atoms with Crippen molar-refractivity contribution < 1.29 is 4.79 Å². The van der Waals surface area contributed by atoms with Crippen LogP contribution in [0.2, 0.25) is 0 Å². The van der Waals surface area contributed by atoms with Crippen LogP contribution in [0.3, 0.4) is 0 Å². The first-order valence-corrected chi connectivity index (χ1v) is 6.18. The number of nitrogens with two attached hydrogens (primary N) is 1. The number of nitrogens with zero attached hydrogens (tertiary/aromatic N) is 2. The second-order valence-electron chi connectivity index (χ2n) is 5.17. The van der Waals surface area contributed by atoms with Crippen molar-refractivity contribution in [3.8, 4) is 0 Å². The van der Waals surface area contributed by atoms with E-state index in [1.165, 1.54) is 0 Å². The van der Waals surface area contributed by atoms with Gasteiger partial charge in [-0.2, -0.15) is 0 Å². The van der Waals surface area contributed by atoms with Gasteiger partial charge in [0.15, 0.2) is 0 Å². The van der Waals surface area contributed by atoms with E-state index < -0.39 is 0 Å². The summed E-state index contributed by atoms with van der Waals surface area (Å²) in [6.45, 7) is 5.31. The van der Waals surface area contributed by atoms with E-state index in [1.54, 1.807) is 0 Å². The van der Waals surface area contributed by atoms with Gasteiger partial charge in [0.05, 0.1) is 0 Å².